The summed E-state index contributed by atoms with van der Waals surface area (Å²) in [6.07, 6.45) is 5.85. The van der Waals surface area contributed by atoms with Gasteiger partial charge in [-0.15, -0.1) is 0 Å². The Labute approximate surface area is 206 Å². The molecule has 0 saturated carbocycles. The number of hydrogen-bond acceptors (Lipinski definition) is 6. The van der Waals surface area contributed by atoms with E-state index in [0.717, 1.165) is 46.0 Å². The van der Waals surface area contributed by atoms with E-state index in [1.54, 1.807) is 17.4 Å². The summed E-state index contributed by atoms with van der Waals surface area (Å²) in [6, 6.07) is 14.7. The number of hydrogen-bond donors (Lipinski definition) is 3. The quantitative estimate of drug-likeness (QED) is 0.420. The van der Waals surface area contributed by atoms with Crippen molar-refractivity contribution in [2.45, 2.75) is 32.2 Å². The van der Waals surface area contributed by atoms with Crippen molar-refractivity contribution < 1.29 is 18.3 Å². The van der Waals surface area contributed by atoms with Crippen molar-refractivity contribution in [1.82, 2.24) is 14.6 Å². The molecule has 4 rings (SSSR count). The molecule has 1 amide bonds. The molecule has 1 aromatic heterocycles. The summed E-state index contributed by atoms with van der Waals surface area (Å²) in [5.41, 5.74) is 4.26. The number of carbonyl (C=O) groups is 1. The van der Waals surface area contributed by atoms with Crippen molar-refractivity contribution in [3.05, 3.63) is 60.4 Å². The fourth-order valence-electron chi connectivity index (χ4n) is 4.43. The number of benzene rings is 2. The van der Waals surface area contributed by atoms with Gasteiger partial charge in [-0.05, 0) is 66.5 Å². The van der Waals surface area contributed by atoms with Crippen molar-refractivity contribution in [2.75, 3.05) is 37.3 Å². The Morgan fingerprint density at radius 3 is 2.54 bits per heavy atom. The minimum atomic E-state index is -3.15. The maximum Gasteiger partial charge on any atom is 0.245 e. The molecule has 186 valence electrons. The number of piperidine rings is 1. The first-order chi connectivity index (χ1) is 16.9. The molecular formula is C26H32N4O4S. The fraction of sp³-hybridized carbons (Fsp3) is 0.385. The predicted octanol–water partition coefficient (Wildman–Crippen LogP) is 2.78. The minimum Gasteiger partial charge on any atom is -0.387 e. The van der Waals surface area contributed by atoms with Crippen LogP contribution in [0.5, 0.6) is 0 Å². The predicted molar refractivity (Wildman–Crippen MR) is 139 cm³/mol. The minimum absolute atomic E-state index is 0.138. The van der Waals surface area contributed by atoms with Crippen LogP contribution < -0.4 is 10.6 Å². The number of pyridine rings is 1. The lowest BCUT2D eigenvalue weighted by molar-refractivity contribution is -0.123. The zero-order chi connectivity index (χ0) is 24.8. The number of nitrogens with zero attached hydrogens (tertiary/aromatic N) is 2. The third-order valence-electron chi connectivity index (χ3n) is 6.49. The second-order valence-electron chi connectivity index (χ2n) is 8.79. The van der Waals surface area contributed by atoms with Gasteiger partial charge >= 0.3 is 0 Å². The number of amides is 1. The molecule has 8 nitrogen and oxygen atoms in total. The number of sulfonamides is 1. The maximum absolute atomic E-state index is 12.2. The van der Waals surface area contributed by atoms with Crippen molar-refractivity contribution in [2.24, 2.45) is 0 Å². The Bertz CT molecular complexity index is 1270. The number of rotatable bonds is 9. The number of aromatic nitrogens is 1. The Morgan fingerprint density at radius 1 is 1.11 bits per heavy atom. The Hall–Kier alpha value is -3.01. The van der Waals surface area contributed by atoms with Crippen molar-refractivity contribution >= 4 is 32.4 Å². The van der Waals surface area contributed by atoms with E-state index < -0.39 is 16.6 Å². The van der Waals surface area contributed by atoms with E-state index in [9.17, 15) is 13.2 Å². The van der Waals surface area contributed by atoms with E-state index in [1.165, 1.54) is 0 Å². The summed E-state index contributed by atoms with van der Waals surface area (Å²) >= 11 is 0. The molecular weight excluding hydrogens is 464 g/mol. The van der Waals surface area contributed by atoms with Crippen molar-refractivity contribution in [3.8, 4) is 11.1 Å². The molecule has 0 radical (unpaired) electrons. The second-order valence-corrected chi connectivity index (χ2v) is 11.1. The smallest absolute Gasteiger partial charge is 0.245 e. The van der Waals surface area contributed by atoms with Crippen LogP contribution in [0, 0.1) is 0 Å². The first-order valence-electron chi connectivity index (χ1n) is 12.0. The van der Waals surface area contributed by atoms with Gasteiger partial charge in [-0.1, -0.05) is 24.3 Å². The van der Waals surface area contributed by atoms with Gasteiger partial charge in [-0.3, -0.25) is 9.78 Å². The van der Waals surface area contributed by atoms with Gasteiger partial charge in [0.1, 0.15) is 6.61 Å². The Kier molecular flexibility index (Phi) is 8.00. The van der Waals surface area contributed by atoms with Crippen LogP contribution in [-0.4, -0.2) is 66.8 Å². The molecule has 3 N–H and O–H groups in total. The van der Waals surface area contributed by atoms with Gasteiger partial charge < -0.3 is 15.7 Å². The summed E-state index contributed by atoms with van der Waals surface area (Å²) in [5.74, 6) is -0.232. The number of aliphatic hydroxyl groups excluding tert-OH is 1. The summed E-state index contributed by atoms with van der Waals surface area (Å²) in [4.78, 5) is 15.5. The Morgan fingerprint density at radius 2 is 1.86 bits per heavy atom. The number of aliphatic hydroxyl groups is 1. The summed E-state index contributed by atoms with van der Waals surface area (Å²) in [7, 11) is -3.15. The first kappa shape index (κ1) is 25.1. The van der Waals surface area contributed by atoms with Crippen LogP contribution in [0.4, 0.5) is 5.69 Å². The summed E-state index contributed by atoms with van der Waals surface area (Å²) < 4.78 is 26.0. The van der Waals surface area contributed by atoms with Crippen LogP contribution in [-0.2, 0) is 21.2 Å². The van der Waals surface area contributed by atoms with E-state index in [1.807, 2.05) is 24.4 Å². The third-order valence-corrected chi connectivity index (χ3v) is 8.38. The third kappa shape index (κ3) is 6.17. The zero-order valence-corrected chi connectivity index (χ0v) is 20.7. The highest BCUT2D eigenvalue weighted by atomic mass is 32.2. The van der Waals surface area contributed by atoms with Gasteiger partial charge in [-0.25, -0.2) is 12.7 Å². The highest BCUT2D eigenvalue weighted by Gasteiger charge is 2.26. The van der Waals surface area contributed by atoms with E-state index in [0.29, 0.717) is 26.1 Å². The summed E-state index contributed by atoms with van der Waals surface area (Å²) in [6.45, 7) is 2.73. The van der Waals surface area contributed by atoms with Gasteiger partial charge in [-0.2, -0.15) is 0 Å². The molecule has 0 atom stereocenters. The molecule has 2 heterocycles. The highest BCUT2D eigenvalue weighted by molar-refractivity contribution is 7.89. The average Bonchev–Trinajstić information content (AvgIpc) is 2.89. The molecule has 2 aromatic carbocycles. The average molecular weight is 497 g/mol. The maximum atomic E-state index is 12.2. The second kappa shape index (κ2) is 11.2. The van der Waals surface area contributed by atoms with Gasteiger partial charge in [0.05, 0.1) is 5.75 Å². The normalized spacial score (nSPS) is 15.3. The molecule has 9 heteroatoms. The van der Waals surface area contributed by atoms with Gasteiger partial charge in [0.2, 0.25) is 15.9 Å². The van der Waals surface area contributed by atoms with Crippen molar-refractivity contribution in [3.63, 3.8) is 0 Å². The lowest BCUT2D eigenvalue weighted by Gasteiger charge is -2.32. The van der Waals surface area contributed by atoms with Crippen LogP contribution in [0.3, 0.4) is 0 Å². The van der Waals surface area contributed by atoms with Gasteiger partial charge in [0, 0.05) is 49.1 Å². The van der Waals surface area contributed by atoms with E-state index in [2.05, 4.69) is 39.9 Å². The van der Waals surface area contributed by atoms with Crippen LogP contribution in [0.2, 0.25) is 0 Å². The van der Waals surface area contributed by atoms with Crippen LogP contribution in [0.1, 0.15) is 25.3 Å². The molecule has 0 spiro atoms. The number of fused-ring (bicyclic) bond motifs is 1. The molecule has 0 bridgehead atoms. The van der Waals surface area contributed by atoms with Crippen LogP contribution >= 0.6 is 0 Å². The fourth-order valence-corrected chi connectivity index (χ4v) is 5.56. The van der Waals surface area contributed by atoms with E-state index in [4.69, 9.17) is 5.11 Å². The lowest BCUT2D eigenvalue weighted by Crippen LogP contribution is -2.42. The van der Waals surface area contributed by atoms with Gasteiger partial charge in [0.25, 0.3) is 0 Å². The molecule has 1 aliphatic rings. The SMILES string of the molecule is CCS(=O)(=O)N1CCC(Nc2cc(-c3ccc(CCNC(=O)CO)cc3)cc3ccncc23)CC1. The van der Waals surface area contributed by atoms with Gasteiger partial charge in [0.15, 0.2) is 0 Å². The molecule has 0 unspecified atom stereocenters. The zero-order valence-electron chi connectivity index (χ0n) is 19.9. The lowest BCUT2D eigenvalue weighted by atomic mass is 9.98. The standard InChI is InChI=1S/C26H32N4O4S/c1-2-35(33,34)30-13-9-23(10-14-30)29-25-16-22(15-21-8-11-27-17-24(21)25)20-5-3-19(4-6-20)7-12-28-26(32)18-31/h3-6,8,11,15-17,23,29,31H,2,7,9-10,12-14,18H2,1H3,(H,28,32). The summed E-state index contributed by atoms with van der Waals surface area (Å²) in [5, 5.41) is 17.3. The number of anilines is 1. The molecule has 3 aromatic rings. The molecule has 35 heavy (non-hydrogen) atoms. The van der Waals surface area contributed by atoms with E-state index in [-0.39, 0.29) is 17.7 Å². The number of nitrogens with one attached hydrogen (secondary N) is 2. The molecule has 1 fully saturated rings. The first-order valence-corrected chi connectivity index (χ1v) is 13.6. The van der Waals surface area contributed by atoms with Crippen LogP contribution in [0.25, 0.3) is 21.9 Å². The molecule has 1 aliphatic heterocycles. The van der Waals surface area contributed by atoms with E-state index >= 15 is 0 Å². The Balaban J connectivity index is 1.50. The molecule has 1 saturated heterocycles. The number of carbonyl (C=O) groups excluding carboxylic acids is 1. The van der Waals surface area contributed by atoms with Crippen molar-refractivity contribution in [1.29, 1.82) is 0 Å². The monoisotopic (exact) mass is 496 g/mol. The topological polar surface area (TPSA) is 112 Å². The molecule has 0 aliphatic carbocycles. The highest BCUT2D eigenvalue weighted by Crippen LogP contribution is 2.32. The largest absolute Gasteiger partial charge is 0.387 e. The van der Waals surface area contributed by atoms with Crippen LogP contribution in [0.15, 0.2) is 54.9 Å².